The van der Waals surface area contributed by atoms with Gasteiger partial charge in [0, 0.05) is 19.6 Å². The third kappa shape index (κ3) is 2.21. The van der Waals surface area contributed by atoms with E-state index < -0.39 is 0 Å². The second kappa shape index (κ2) is 4.45. The lowest BCUT2D eigenvalue weighted by Crippen LogP contribution is -2.43. The molecule has 0 saturated carbocycles. The van der Waals surface area contributed by atoms with Crippen molar-refractivity contribution in [3.63, 3.8) is 0 Å². The molecule has 0 amide bonds. The van der Waals surface area contributed by atoms with E-state index in [1.165, 1.54) is 30.9 Å². The van der Waals surface area contributed by atoms with Crippen molar-refractivity contribution >= 4 is 5.69 Å². The Morgan fingerprint density at radius 3 is 2.75 bits per heavy atom. The molecule has 0 spiro atoms. The first-order valence-electron chi connectivity index (χ1n) is 6.01. The van der Waals surface area contributed by atoms with Gasteiger partial charge in [0.1, 0.15) is 0 Å². The van der Waals surface area contributed by atoms with Gasteiger partial charge >= 0.3 is 0 Å². The smallest absolute Gasteiger partial charge is 0.0758 e. The average molecular weight is 222 g/mol. The summed E-state index contributed by atoms with van der Waals surface area (Å²) in [7, 11) is 4.18. The van der Waals surface area contributed by atoms with Gasteiger partial charge in [-0.3, -0.25) is 4.68 Å². The molecule has 16 heavy (non-hydrogen) atoms. The van der Waals surface area contributed by atoms with Crippen LogP contribution in [0.1, 0.15) is 19.0 Å². The highest BCUT2D eigenvalue weighted by atomic mass is 15.3. The molecule has 0 aromatic carbocycles. The van der Waals surface area contributed by atoms with Crippen molar-refractivity contribution < 1.29 is 0 Å². The summed E-state index contributed by atoms with van der Waals surface area (Å²) in [5, 5.41) is 7.90. The number of rotatable bonds is 2. The molecule has 1 aliphatic rings. The van der Waals surface area contributed by atoms with Crippen molar-refractivity contribution in [2.24, 2.45) is 13.0 Å². The molecule has 2 atom stereocenters. The zero-order valence-electron chi connectivity index (χ0n) is 10.7. The molecule has 1 aliphatic heterocycles. The van der Waals surface area contributed by atoms with Gasteiger partial charge in [-0.15, -0.1) is 0 Å². The highest BCUT2D eigenvalue weighted by Gasteiger charge is 2.24. The standard InChI is InChI=1S/C12H22N4/c1-9-8-15(3)6-5-11(9)14-12-7-13-16(4)10(12)2/h7,9,11,14H,5-6,8H2,1-4H3. The van der Waals surface area contributed by atoms with Gasteiger partial charge < -0.3 is 10.2 Å². The number of aryl methyl sites for hydroxylation is 1. The molecule has 0 radical (unpaired) electrons. The van der Waals surface area contributed by atoms with Crippen LogP contribution >= 0.6 is 0 Å². The maximum absolute atomic E-state index is 4.27. The Morgan fingerprint density at radius 2 is 2.19 bits per heavy atom. The molecule has 1 saturated heterocycles. The Hall–Kier alpha value is -1.03. The lowest BCUT2D eigenvalue weighted by Gasteiger charge is -2.35. The summed E-state index contributed by atoms with van der Waals surface area (Å²) in [5.41, 5.74) is 2.40. The molecule has 2 heterocycles. The minimum absolute atomic E-state index is 0.582. The van der Waals surface area contributed by atoms with Crippen molar-refractivity contribution in [1.29, 1.82) is 0 Å². The minimum atomic E-state index is 0.582. The lowest BCUT2D eigenvalue weighted by molar-refractivity contribution is 0.206. The van der Waals surface area contributed by atoms with Gasteiger partial charge in [0.05, 0.1) is 17.6 Å². The number of aromatic nitrogens is 2. The first-order valence-corrected chi connectivity index (χ1v) is 6.01. The van der Waals surface area contributed by atoms with Gasteiger partial charge in [0.2, 0.25) is 0 Å². The first kappa shape index (κ1) is 11.5. The van der Waals surface area contributed by atoms with E-state index in [0.717, 1.165) is 0 Å². The van der Waals surface area contributed by atoms with Crippen molar-refractivity contribution in [3.05, 3.63) is 11.9 Å². The van der Waals surface area contributed by atoms with Crippen LogP contribution in [0.15, 0.2) is 6.20 Å². The maximum Gasteiger partial charge on any atom is 0.0758 e. The monoisotopic (exact) mass is 222 g/mol. The number of nitrogens with zero attached hydrogens (tertiary/aromatic N) is 3. The second-order valence-corrected chi connectivity index (χ2v) is 5.05. The molecule has 1 N–H and O–H groups in total. The summed E-state index contributed by atoms with van der Waals surface area (Å²) in [6, 6.07) is 0.582. The summed E-state index contributed by atoms with van der Waals surface area (Å²) in [5.74, 6) is 0.693. The number of likely N-dealkylation sites (tertiary alicyclic amines) is 1. The second-order valence-electron chi connectivity index (χ2n) is 5.05. The molecular formula is C12H22N4. The summed E-state index contributed by atoms with van der Waals surface area (Å²) in [6.07, 6.45) is 3.15. The summed E-state index contributed by atoms with van der Waals surface area (Å²) < 4.78 is 1.92. The number of hydrogen-bond acceptors (Lipinski definition) is 3. The Kier molecular flexibility index (Phi) is 3.19. The fourth-order valence-electron chi connectivity index (χ4n) is 2.41. The van der Waals surface area contributed by atoms with Gasteiger partial charge in [0.25, 0.3) is 0 Å². The van der Waals surface area contributed by atoms with Crippen LogP contribution < -0.4 is 5.32 Å². The summed E-state index contributed by atoms with van der Waals surface area (Å²) in [4.78, 5) is 2.40. The Balaban J connectivity index is 2.02. The van der Waals surface area contributed by atoms with Crippen molar-refractivity contribution in [3.8, 4) is 0 Å². The highest BCUT2D eigenvalue weighted by molar-refractivity contribution is 5.46. The van der Waals surface area contributed by atoms with Crippen molar-refractivity contribution in [1.82, 2.24) is 14.7 Å². The van der Waals surface area contributed by atoms with Gasteiger partial charge in [-0.25, -0.2) is 0 Å². The van der Waals surface area contributed by atoms with E-state index in [1.54, 1.807) is 0 Å². The molecule has 2 unspecified atom stereocenters. The molecule has 0 bridgehead atoms. The van der Waals surface area contributed by atoms with Crippen LogP contribution in [0.5, 0.6) is 0 Å². The van der Waals surface area contributed by atoms with Gasteiger partial charge in [0.15, 0.2) is 0 Å². The molecule has 1 aromatic heterocycles. The van der Waals surface area contributed by atoms with Gasteiger partial charge in [-0.1, -0.05) is 6.92 Å². The average Bonchev–Trinajstić information content (AvgIpc) is 2.54. The molecule has 4 nitrogen and oxygen atoms in total. The van der Waals surface area contributed by atoms with Crippen molar-refractivity contribution in [2.75, 3.05) is 25.5 Å². The maximum atomic E-state index is 4.27. The van der Waals surface area contributed by atoms with E-state index in [0.29, 0.717) is 12.0 Å². The molecule has 1 aromatic rings. The SMILES string of the molecule is Cc1c(NC2CCN(C)CC2C)cnn1C. The van der Waals surface area contributed by atoms with E-state index in [2.05, 4.69) is 36.2 Å². The van der Waals surface area contributed by atoms with Crippen LogP contribution in [-0.2, 0) is 7.05 Å². The molecule has 2 rings (SSSR count). The number of piperidine rings is 1. The molecule has 1 fully saturated rings. The number of anilines is 1. The third-order valence-electron chi connectivity index (χ3n) is 3.68. The van der Waals surface area contributed by atoms with Crippen molar-refractivity contribution in [2.45, 2.75) is 26.3 Å². The van der Waals surface area contributed by atoms with Gasteiger partial charge in [-0.05, 0) is 32.9 Å². The summed E-state index contributed by atoms with van der Waals surface area (Å²) in [6.45, 7) is 6.78. The van der Waals surface area contributed by atoms with E-state index in [1.807, 2.05) is 17.9 Å². The predicted molar refractivity (Wildman–Crippen MR) is 66.6 cm³/mol. The van der Waals surface area contributed by atoms with Crippen LogP contribution in [0.25, 0.3) is 0 Å². The summed E-state index contributed by atoms with van der Waals surface area (Å²) >= 11 is 0. The van der Waals surface area contributed by atoms with E-state index >= 15 is 0 Å². The predicted octanol–water partition coefficient (Wildman–Crippen LogP) is 1.48. The topological polar surface area (TPSA) is 33.1 Å². The largest absolute Gasteiger partial charge is 0.379 e. The number of nitrogens with one attached hydrogen (secondary N) is 1. The van der Waals surface area contributed by atoms with Crippen LogP contribution in [0, 0.1) is 12.8 Å². The molecule has 0 aliphatic carbocycles. The highest BCUT2D eigenvalue weighted by Crippen LogP contribution is 2.22. The zero-order valence-corrected chi connectivity index (χ0v) is 10.7. The van der Waals surface area contributed by atoms with Crippen LogP contribution in [-0.4, -0.2) is 40.9 Å². The fourth-order valence-corrected chi connectivity index (χ4v) is 2.41. The van der Waals surface area contributed by atoms with E-state index in [9.17, 15) is 0 Å². The molecule has 90 valence electrons. The first-order chi connectivity index (χ1) is 7.58. The molecular weight excluding hydrogens is 200 g/mol. The Bertz CT molecular complexity index is 358. The third-order valence-corrected chi connectivity index (χ3v) is 3.68. The van der Waals surface area contributed by atoms with Crippen LogP contribution in [0.4, 0.5) is 5.69 Å². The Morgan fingerprint density at radius 1 is 1.44 bits per heavy atom. The van der Waals surface area contributed by atoms with E-state index in [4.69, 9.17) is 0 Å². The number of hydrogen-bond donors (Lipinski definition) is 1. The minimum Gasteiger partial charge on any atom is -0.379 e. The fraction of sp³-hybridized carbons (Fsp3) is 0.750. The van der Waals surface area contributed by atoms with Crippen LogP contribution in [0.3, 0.4) is 0 Å². The normalized spacial score (nSPS) is 27.0. The van der Waals surface area contributed by atoms with E-state index in [-0.39, 0.29) is 0 Å². The quantitative estimate of drug-likeness (QED) is 0.823. The Labute approximate surface area is 97.6 Å². The molecule has 4 heteroatoms. The lowest BCUT2D eigenvalue weighted by atomic mass is 9.94. The van der Waals surface area contributed by atoms with Gasteiger partial charge in [-0.2, -0.15) is 5.10 Å². The zero-order chi connectivity index (χ0) is 11.7. The van der Waals surface area contributed by atoms with Crippen LogP contribution in [0.2, 0.25) is 0 Å².